The summed E-state index contributed by atoms with van der Waals surface area (Å²) >= 11 is 1.65. The van der Waals surface area contributed by atoms with Crippen molar-refractivity contribution in [1.82, 2.24) is 14.5 Å². The first-order valence-electron chi connectivity index (χ1n) is 10.4. The van der Waals surface area contributed by atoms with E-state index >= 15 is 0 Å². The van der Waals surface area contributed by atoms with Gasteiger partial charge in [-0.15, -0.1) is 11.3 Å². The summed E-state index contributed by atoms with van der Waals surface area (Å²) in [6.45, 7) is 4.58. The molecule has 1 saturated heterocycles. The van der Waals surface area contributed by atoms with Gasteiger partial charge in [-0.05, 0) is 30.5 Å². The maximum Gasteiger partial charge on any atom is 0.243 e. The SMILES string of the molecule is C[C@@H](NCC(=O)N1CCN(S(=O)(=O)c2ccc3c(c2)OCCCO3)CC1)c1cccs1. The molecule has 1 amide bonds. The number of sulfonamides is 1. The molecule has 0 bridgehead atoms. The summed E-state index contributed by atoms with van der Waals surface area (Å²) in [5.74, 6) is 1.01. The Morgan fingerprint density at radius 1 is 1.13 bits per heavy atom. The molecule has 1 atom stereocenters. The third-order valence-corrected chi connectivity index (χ3v) is 8.43. The number of fused-ring (bicyclic) bond motifs is 1. The fourth-order valence-corrected chi connectivity index (χ4v) is 5.82. The second-order valence-corrected chi connectivity index (χ2v) is 10.5. The number of rotatable bonds is 6. The van der Waals surface area contributed by atoms with Crippen LogP contribution in [0.5, 0.6) is 11.5 Å². The van der Waals surface area contributed by atoms with Gasteiger partial charge in [0.2, 0.25) is 15.9 Å². The van der Waals surface area contributed by atoms with Crippen molar-refractivity contribution in [3.05, 3.63) is 40.6 Å². The number of ether oxygens (including phenoxy) is 2. The van der Waals surface area contributed by atoms with E-state index in [1.54, 1.807) is 28.4 Å². The minimum absolute atomic E-state index is 0.0176. The molecule has 4 rings (SSSR count). The second-order valence-electron chi connectivity index (χ2n) is 7.56. The molecule has 1 aromatic heterocycles. The third kappa shape index (κ3) is 5.03. The molecule has 1 N–H and O–H groups in total. The topological polar surface area (TPSA) is 88.2 Å². The lowest BCUT2D eigenvalue weighted by atomic mass is 10.2. The highest BCUT2D eigenvalue weighted by Crippen LogP contribution is 2.33. The molecule has 0 spiro atoms. The first-order valence-corrected chi connectivity index (χ1v) is 12.7. The Labute approximate surface area is 186 Å². The minimum Gasteiger partial charge on any atom is -0.490 e. The summed E-state index contributed by atoms with van der Waals surface area (Å²) in [5, 5.41) is 5.26. The van der Waals surface area contributed by atoms with Gasteiger partial charge in [-0.25, -0.2) is 8.42 Å². The summed E-state index contributed by atoms with van der Waals surface area (Å²) in [4.78, 5) is 15.6. The predicted octanol–water partition coefficient (Wildman–Crippen LogP) is 2.09. The number of nitrogens with one attached hydrogen (secondary N) is 1. The fourth-order valence-electron chi connectivity index (χ4n) is 3.62. The van der Waals surface area contributed by atoms with E-state index in [2.05, 4.69) is 5.32 Å². The van der Waals surface area contributed by atoms with Gasteiger partial charge in [-0.2, -0.15) is 4.31 Å². The molecule has 2 aliphatic rings. The fraction of sp³-hybridized carbons (Fsp3) is 0.476. The van der Waals surface area contributed by atoms with E-state index in [9.17, 15) is 13.2 Å². The molecule has 10 heteroatoms. The van der Waals surface area contributed by atoms with E-state index in [1.165, 1.54) is 15.2 Å². The minimum atomic E-state index is -3.67. The smallest absolute Gasteiger partial charge is 0.243 e. The van der Waals surface area contributed by atoms with Crippen molar-refractivity contribution in [2.75, 3.05) is 45.9 Å². The van der Waals surface area contributed by atoms with Crippen molar-refractivity contribution in [1.29, 1.82) is 0 Å². The number of piperazine rings is 1. The van der Waals surface area contributed by atoms with Crippen LogP contribution in [0.25, 0.3) is 0 Å². The quantitative estimate of drug-likeness (QED) is 0.703. The lowest BCUT2D eigenvalue weighted by Crippen LogP contribution is -2.52. The summed E-state index contributed by atoms with van der Waals surface area (Å²) in [5.41, 5.74) is 0. The number of hydrogen-bond acceptors (Lipinski definition) is 7. The van der Waals surface area contributed by atoms with Crippen LogP contribution in [0, 0.1) is 0 Å². The molecular weight excluding hydrogens is 438 g/mol. The Bertz CT molecular complexity index is 1000. The van der Waals surface area contributed by atoms with Crippen molar-refractivity contribution < 1.29 is 22.7 Å². The lowest BCUT2D eigenvalue weighted by molar-refractivity contribution is -0.131. The van der Waals surface area contributed by atoms with Crippen LogP contribution < -0.4 is 14.8 Å². The summed E-state index contributed by atoms with van der Waals surface area (Å²) in [7, 11) is -3.67. The van der Waals surface area contributed by atoms with E-state index in [0.29, 0.717) is 37.8 Å². The number of thiophene rings is 1. The van der Waals surface area contributed by atoms with E-state index in [-0.39, 0.29) is 36.5 Å². The zero-order valence-electron chi connectivity index (χ0n) is 17.5. The Balaban J connectivity index is 1.33. The van der Waals surface area contributed by atoms with Crippen molar-refractivity contribution in [3.8, 4) is 11.5 Å². The van der Waals surface area contributed by atoms with Crippen molar-refractivity contribution >= 4 is 27.3 Å². The van der Waals surface area contributed by atoms with Gasteiger partial charge in [0.25, 0.3) is 0 Å². The predicted molar refractivity (Wildman–Crippen MR) is 118 cm³/mol. The van der Waals surface area contributed by atoms with Crippen molar-refractivity contribution in [2.45, 2.75) is 24.3 Å². The molecule has 1 fully saturated rings. The van der Waals surface area contributed by atoms with Crippen LogP contribution in [-0.4, -0.2) is 69.5 Å². The summed E-state index contributed by atoms with van der Waals surface area (Å²) in [6, 6.07) is 8.86. The standard InChI is InChI=1S/C21H27N3O5S2/c1-16(20-4-2-13-30-20)22-15-21(25)23-7-9-24(10-8-23)31(26,27)17-5-6-18-19(14-17)29-12-3-11-28-18/h2,4-6,13-14,16,22H,3,7-12,15H2,1H3/t16-/m1/s1. The van der Waals surface area contributed by atoms with Gasteiger partial charge in [0, 0.05) is 49.6 Å². The highest BCUT2D eigenvalue weighted by Gasteiger charge is 2.31. The van der Waals surface area contributed by atoms with Crippen LogP contribution in [0.1, 0.15) is 24.3 Å². The van der Waals surface area contributed by atoms with Gasteiger partial charge in [-0.1, -0.05) is 6.07 Å². The highest BCUT2D eigenvalue weighted by atomic mass is 32.2. The summed E-state index contributed by atoms with van der Waals surface area (Å²) < 4.78 is 38.8. The average Bonchev–Trinajstić information content (AvgIpc) is 3.22. The number of carbonyl (C=O) groups is 1. The molecule has 0 saturated carbocycles. The zero-order valence-corrected chi connectivity index (χ0v) is 19.1. The van der Waals surface area contributed by atoms with Crippen LogP contribution in [0.2, 0.25) is 0 Å². The van der Waals surface area contributed by atoms with Gasteiger partial charge in [-0.3, -0.25) is 4.79 Å². The normalized spacial score (nSPS) is 18.4. The van der Waals surface area contributed by atoms with Crippen LogP contribution in [-0.2, 0) is 14.8 Å². The second kappa shape index (κ2) is 9.56. The molecule has 0 radical (unpaired) electrons. The molecule has 0 aliphatic carbocycles. The number of benzene rings is 1. The maximum absolute atomic E-state index is 13.1. The Kier molecular flexibility index (Phi) is 6.80. The zero-order chi connectivity index (χ0) is 21.8. The molecule has 3 heterocycles. The Hall–Kier alpha value is -2.14. The maximum atomic E-state index is 13.1. The largest absolute Gasteiger partial charge is 0.490 e. The lowest BCUT2D eigenvalue weighted by Gasteiger charge is -2.34. The van der Waals surface area contributed by atoms with Gasteiger partial charge in [0.1, 0.15) is 0 Å². The molecular formula is C21H27N3O5S2. The van der Waals surface area contributed by atoms with Gasteiger partial charge >= 0.3 is 0 Å². The first-order chi connectivity index (χ1) is 14.9. The Morgan fingerprint density at radius 2 is 1.87 bits per heavy atom. The monoisotopic (exact) mass is 465 g/mol. The van der Waals surface area contributed by atoms with Crippen LogP contribution in [0.4, 0.5) is 0 Å². The molecule has 0 unspecified atom stereocenters. The molecule has 168 valence electrons. The Morgan fingerprint density at radius 3 is 2.58 bits per heavy atom. The van der Waals surface area contributed by atoms with E-state index in [0.717, 1.165) is 6.42 Å². The number of amides is 1. The van der Waals surface area contributed by atoms with Gasteiger partial charge in [0.15, 0.2) is 11.5 Å². The average molecular weight is 466 g/mol. The van der Waals surface area contributed by atoms with Crippen molar-refractivity contribution in [2.24, 2.45) is 0 Å². The number of carbonyl (C=O) groups excluding carboxylic acids is 1. The van der Waals surface area contributed by atoms with Gasteiger partial charge in [0.05, 0.1) is 24.7 Å². The van der Waals surface area contributed by atoms with Crippen LogP contribution in [0.15, 0.2) is 40.6 Å². The first kappa shape index (κ1) is 22.1. The highest BCUT2D eigenvalue weighted by molar-refractivity contribution is 7.89. The summed E-state index contributed by atoms with van der Waals surface area (Å²) in [6.07, 6.45) is 0.758. The number of hydrogen-bond donors (Lipinski definition) is 1. The van der Waals surface area contributed by atoms with Crippen LogP contribution in [0.3, 0.4) is 0 Å². The third-order valence-electron chi connectivity index (χ3n) is 5.48. The molecule has 1 aromatic carbocycles. The molecule has 2 aliphatic heterocycles. The van der Waals surface area contributed by atoms with Crippen LogP contribution >= 0.6 is 11.3 Å². The van der Waals surface area contributed by atoms with E-state index < -0.39 is 10.0 Å². The molecule has 2 aromatic rings. The van der Waals surface area contributed by atoms with E-state index in [1.807, 2.05) is 24.4 Å². The molecule has 8 nitrogen and oxygen atoms in total. The molecule has 31 heavy (non-hydrogen) atoms. The van der Waals surface area contributed by atoms with Gasteiger partial charge < -0.3 is 19.7 Å². The van der Waals surface area contributed by atoms with Crippen molar-refractivity contribution in [3.63, 3.8) is 0 Å². The number of nitrogens with zero attached hydrogens (tertiary/aromatic N) is 2. The van der Waals surface area contributed by atoms with E-state index in [4.69, 9.17) is 9.47 Å².